The van der Waals surface area contributed by atoms with E-state index in [4.69, 9.17) is 0 Å². The third-order valence-electron chi connectivity index (χ3n) is 3.59. The highest BCUT2D eigenvalue weighted by Crippen LogP contribution is 2.25. The van der Waals surface area contributed by atoms with Crippen LogP contribution >= 0.6 is 11.8 Å². The first-order valence-corrected chi connectivity index (χ1v) is 8.54. The van der Waals surface area contributed by atoms with Crippen molar-refractivity contribution >= 4 is 23.5 Å². The molecule has 0 saturated heterocycles. The van der Waals surface area contributed by atoms with Crippen LogP contribution in [-0.2, 0) is 5.41 Å². The molecule has 1 N–H and O–H groups in total. The molecular weight excluding hydrogens is 284 g/mol. The number of carboxylic acids is 1. The van der Waals surface area contributed by atoms with Crippen LogP contribution in [0.15, 0.2) is 12.1 Å². The minimum Gasteiger partial charge on any atom is -0.478 e. The smallest absolute Gasteiger partial charge is 0.335 e. The number of carboxylic acid groups (broad SMARTS) is 1. The van der Waals surface area contributed by atoms with E-state index in [1.165, 1.54) is 0 Å². The number of pyridine rings is 1. The van der Waals surface area contributed by atoms with E-state index in [-0.39, 0.29) is 5.41 Å². The SMILES string of the molecule is CSCCC(C)N(C)c1cc(C(=O)O)cc(C(C)(C)C)n1. The molecule has 118 valence electrons. The van der Waals surface area contributed by atoms with Gasteiger partial charge in [0.05, 0.1) is 5.56 Å². The first-order valence-electron chi connectivity index (χ1n) is 7.14. The molecule has 21 heavy (non-hydrogen) atoms. The highest BCUT2D eigenvalue weighted by Gasteiger charge is 2.21. The summed E-state index contributed by atoms with van der Waals surface area (Å²) in [7, 11) is 1.98. The van der Waals surface area contributed by atoms with Crippen molar-refractivity contribution < 1.29 is 9.90 Å². The topological polar surface area (TPSA) is 53.4 Å². The van der Waals surface area contributed by atoms with Crippen LogP contribution in [0.5, 0.6) is 0 Å². The first-order chi connectivity index (χ1) is 9.66. The second kappa shape index (κ2) is 7.16. The van der Waals surface area contributed by atoms with E-state index >= 15 is 0 Å². The molecule has 1 rings (SSSR count). The fourth-order valence-electron chi connectivity index (χ4n) is 1.91. The fourth-order valence-corrected chi connectivity index (χ4v) is 2.49. The van der Waals surface area contributed by atoms with Gasteiger partial charge in [-0.15, -0.1) is 0 Å². The van der Waals surface area contributed by atoms with Gasteiger partial charge in [-0.05, 0) is 37.5 Å². The van der Waals surface area contributed by atoms with Gasteiger partial charge in [0.1, 0.15) is 5.82 Å². The van der Waals surface area contributed by atoms with Gasteiger partial charge in [0.15, 0.2) is 0 Å². The number of hydrogen-bond donors (Lipinski definition) is 1. The summed E-state index contributed by atoms with van der Waals surface area (Å²) in [6.07, 6.45) is 3.13. The second-order valence-electron chi connectivity index (χ2n) is 6.40. The Balaban J connectivity index is 3.16. The quantitative estimate of drug-likeness (QED) is 0.869. The number of aromatic carboxylic acids is 1. The molecule has 1 aromatic heterocycles. The maximum absolute atomic E-state index is 11.3. The zero-order valence-electron chi connectivity index (χ0n) is 13.8. The molecule has 0 aromatic carbocycles. The van der Waals surface area contributed by atoms with Crippen LogP contribution in [-0.4, -0.2) is 41.2 Å². The largest absolute Gasteiger partial charge is 0.478 e. The van der Waals surface area contributed by atoms with E-state index in [1.54, 1.807) is 12.1 Å². The van der Waals surface area contributed by atoms with E-state index in [0.717, 1.165) is 23.7 Å². The Hall–Kier alpha value is -1.23. The van der Waals surface area contributed by atoms with Crippen molar-refractivity contribution in [2.24, 2.45) is 0 Å². The third-order valence-corrected chi connectivity index (χ3v) is 4.23. The first kappa shape index (κ1) is 17.8. The molecule has 1 aromatic rings. The van der Waals surface area contributed by atoms with Crippen molar-refractivity contribution in [3.8, 4) is 0 Å². The van der Waals surface area contributed by atoms with Crippen LogP contribution in [0.3, 0.4) is 0 Å². The third kappa shape index (κ3) is 4.92. The summed E-state index contributed by atoms with van der Waals surface area (Å²) in [6, 6.07) is 3.65. The maximum Gasteiger partial charge on any atom is 0.335 e. The van der Waals surface area contributed by atoms with Crippen molar-refractivity contribution in [2.45, 2.75) is 45.6 Å². The van der Waals surface area contributed by atoms with Gasteiger partial charge in [-0.2, -0.15) is 11.8 Å². The number of anilines is 1. The van der Waals surface area contributed by atoms with Gasteiger partial charge in [-0.1, -0.05) is 20.8 Å². The zero-order valence-corrected chi connectivity index (χ0v) is 14.6. The van der Waals surface area contributed by atoms with E-state index < -0.39 is 5.97 Å². The van der Waals surface area contributed by atoms with Gasteiger partial charge in [0.25, 0.3) is 0 Å². The van der Waals surface area contributed by atoms with Gasteiger partial charge in [-0.3, -0.25) is 0 Å². The van der Waals surface area contributed by atoms with E-state index in [2.05, 4.69) is 23.1 Å². The predicted molar refractivity (Wildman–Crippen MR) is 90.8 cm³/mol. The summed E-state index contributed by atoms with van der Waals surface area (Å²) < 4.78 is 0. The summed E-state index contributed by atoms with van der Waals surface area (Å²) >= 11 is 1.82. The summed E-state index contributed by atoms with van der Waals surface area (Å²) in [5, 5.41) is 9.31. The lowest BCUT2D eigenvalue weighted by atomic mass is 9.90. The molecule has 0 radical (unpaired) electrons. The van der Waals surface area contributed by atoms with Crippen LogP contribution < -0.4 is 4.90 Å². The lowest BCUT2D eigenvalue weighted by Gasteiger charge is -2.28. The average Bonchev–Trinajstić information content (AvgIpc) is 2.42. The second-order valence-corrected chi connectivity index (χ2v) is 7.38. The molecule has 0 aliphatic rings. The highest BCUT2D eigenvalue weighted by molar-refractivity contribution is 7.98. The minimum absolute atomic E-state index is 0.177. The lowest BCUT2D eigenvalue weighted by molar-refractivity contribution is 0.0696. The van der Waals surface area contributed by atoms with Gasteiger partial charge in [0, 0.05) is 24.2 Å². The Bertz CT molecular complexity index is 498. The molecule has 1 heterocycles. The number of hydrogen-bond acceptors (Lipinski definition) is 4. The monoisotopic (exact) mass is 310 g/mol. The molecule has 0 aliphatic carbocycles. The zero-order chi connectivity index (χ0) is 16.2. The standard InChI is InChI=1S/C16H26N2O2S/c1-11(7-8-21-6)18(5)14-10-12(15(19)20)9-13(17-14)16(2,3)4/h9-11H,7-8H2,1-6H3,(H,19,20). The summed E-state index contributed by atoms with van der Waals surface area (Å²) in [4.78, 5) is 18.1. The Labute approximate surface area is 132 Å². The predicted octanol–water partition coefficient (Wildman–Crippen LogP) is 3.66. The van der Waals surface area contributed by atoms with Crippen LogP contribution in [0.1, 0.15) is 50.2 Å². The Morgan fingerprint density at radius 3 is 2.52 bits per heavy atom. The fraction of sp³-hybridized carbons (Fsp3) is 0.625. The van der Waals surface area contributed by atoms with E-state index in [9.17, 15) is 9.90 Å². The van der Waals surface area contributed by atoms with Gasteiger partial charge in [0.2, 0.25) is 0 Å². The van der Waals surface area contributed by atoms with E-state index in [1.807, 2.05) is 39.6 Å². The summed E-state index contributed by atoms with van der Waals surface area (Å²) in [6.45, 7) is 8.27. The average molecular weight is 310 g/mol. The molecule has 1 unspecified atom stereocenters. The Kier molecular flexibility index (Phi) is 6.08. The molecule has 0 fully saturated rings. The van der Waals surface area contributed by atoms with Gasteiger partial charge in [-0.25, -0.2) is 9.78 Å². The van der Waals surface area contributed by atoms with Gasteiger partial charge < -0.3 is 10.0 Å². The summed E-state index contributed by atoms with van der Waals surface area (Å²) in [5.41, 5.74) is 0.930. The van der Waals surface area contributed by atoms with Crippen molar-refractivity contribution in [2.75, 3.05) is 24.0 Å². The van der Waals surface area contributed by atoms with Crippen molar-refractivity contribution in [3.63, 3.8) is 0 Å². The van der Waals surface area contributed by atoms with Crippen LogP contribution in [0.25, 0.3) is 0 Å². The Morgan fingerprint density at radius 2 is 2.05 bits per heavy atom. The molecule has 0 spiro atoms. The highest BCUT2D eigenvalue weighted by atomic mass is 32.2. The molecular formula is C16H26N2O2S. The number of rotatable bonds is 6. The van der Waals surface area contributed by atoms with Gasteiger partial charge >= 0.3 is 5.97 Å². The van der Waals surface area contributed by atoms with E-state index in [0.29, 0.717) is 11.6 Å². The molecule has 0 amide bonds. The van der Waals surface area contributed by atoms with Crippen LogP contribution in [0.2, 0.25) is 0 Å². The number of nitrogens with zero attached hydrogens (tertiary/aromatic N) is 2. The molecule has 4 nitrogen and oxygen atoms in total. The molecule has 0 saturated carbocycles. The van der Waals surface area contributed by atoms with Crippen molar-refractivity contribution in [3.05, 3.63) is 23.4 Å². The van der Waals surface area contributed by atoms with Crippen LogP contribution in [0.4, 0.5) is 5.82 Å². The molecule has 0 aliphatic heterocycles. The van der Waals surface area contributed by atoms with Crippen molar-refractivity contribution in [1.82, 2.24) is 4.98 Å². The number of aromatic nitrogens is 1. The molecule has 0 bridgehead atoms. The Morgan fingerprint density at radius 1 is 1.43 bits per heavy atom. The normalized spacial score (nSPS) is 13.0. The molecule has 5 heteroatoms. The lowest BCUT2D eigenvalue weighted by Crippen LogP contribution is -2.31. The minimum atomic E-state index is -0.908. The maximum atomic E-state index is 11.3. The molecule has 1 atom stereocenters. The van der Waals surface area contributed by atoms with Crippen molar-refractivity contribution in [1.29, 1.82) is 0 Å². The van der Waals surface area contributed by atoms with Crippen LogP contribution in [0, 0.1) is 0 Å². The number of thioether (sulfide) groups is 1. The summed E-state index contributed by atoms with van der Waals surface area (Å²) in [5.74, 6) is 0.902. The number of carbonyl (C=O) groups is 1.